The van der Waals surface area contributed by atoms with Crippen LogP contribution in [0.2, 0.25) is 0 Å². The summed E-state index contributed by atoms with van der Waals surface area (Å²) in [4.78, 5) is 32.3. The lowest BCUT2D eigenvalue weighted by atomic mass is 10.0. The summed E-state index contributed by atoms with van der Waals surface area (Å²) in [5.41, 5.74) is 1.89. The summed E-state index contributed by atoms with van der Waals surface area (Å²) < 4.78 is 3.18. The Morgan fingerprint density at radius 1 is 1.07 bits per heavy atom. The SMILES string of the molecule is O=C(c1cccc(-n2cnnn2)c1)N1CCCC(n2cnc3ccccc3c2=O)C1. The third-order valence-corrected chi connectivity index (χ3v) is 5.47. The van der Waals surface area contributed by atoms with Crippen LogP contribution < -0.4 is 5.56 Å². The highest BCUT2D eigenvalue weighted by atomic mass is 16.2. The van der Waals surface area contributed by atoms with Gasteiger partial charge in [-0.3, -0.25) is 14.2 Å². The van der Waals surface area contributed by atoms with Gasteiger partial charge in [0.2, 0.25) is 0 Å². The summed E-state index contributed by atoms with van der Waals surface area (Å²) >= 11 is 0. The first-order chi connectivity index (χ1) is 14.7. The molecule has 0 saturated carbocycles. The molecule has 0 radical (unpaired) electrons. The van der Waals surface area contributed by atoms with Gasteiger partial charge in [-0.15, -0.1) is 5.10 Å². The highest BCUT2D eigenvalue weighted by Gasteiger charge is 2.26. The van der Waals surface area contributed by atoms with E-state index >= 15 is 0 Å². The maximum Gasteiger partial charge on any atom is 0.261 e. The molecule has 9 heteroatoms. The van der Waals surface area contributed by atoms with Crippen LogP contribution in [0, 0.1) is 0 Å². The van der Waals surface area contributed by atoms with Crippen LogP contribution in [0.3, 0.4) is 0 Å². The minimum atomic E-state index is -0.102. The topological polar surface area (TPSA) is 98.8 Å². The van der Waals surface area contributed by atoms with Crippen molar-refractivity contribution in [1.29, 1.82) is 0 Å². The van der Waals surface area contributed by atoms with Crippen LogP contribution in [0.1, 0.15) is 29.2 Å². The maximum absolute atomic E-state index is 13.2. The molecule has 30 heavy (non-hydrogen) atoms. The van der Waals surface area contributed by atoms with Crippen molar-refractivity contribution in [2.24, 2.45) is 0 Å². The molecule has 0 bridgehead atoms. The molecule has 0 aliphatic carbocycles. The Labute approximate surface area is 171 Å². The molecular formula is C21H19N7O2. The first-order valence-electron chi connectivity index (χ1n) is 9.79. The fraction of sp³-hybridized carbons (Fsp3) is 0.238. The number of para-hydroxylation sites is 1. The summed E-state index contributed by atoms with van der Waals surface area (Å²) in [6.07, 6.45) is 4.73. The van der Waals surface area contributed by atoms with Crippen LogP contribution >= 0.6 is 0 Å². The molecule has 5 rings (SSSR count). The van der Waals surface area contributed by atoms with Crippen LogP contribution in [0.4, 0.5) is 0 Å². The molecule has 1 atom stereocenters. The van der Waals surface area contributed by atoms with E-state index in [9.17, 15) is 9.59 Å². The summed E-state index contributed by atoms with van der Waals surface area (Å²) in [5, 5.41) is 11.7. The summed E-state index contributed by atoms with van der Waals surface area (Å²) in [5.74, 6) is -0.0728. The Bertz CT molecular complexity index is 1270. The molecule has 1 aliphatic heterocycles. The quantitative estimate of drug-likeness (QED) is 0.520. The highest BCUT2D eigenvalue weighted by molar-refractivity contribution is 5.94. The Morgan fingerprint density at radius 3 is 2.83 bits per heavy atom. The van der Waals surface area contributed by atoms with E-state index in [0.29, 0.717) is 35.2 Å². The minimum absolute atomic E-state index is 0.0689. The minimum Gasteiger partial charge on any atom is -0.337 e. The largest absolute Gasteiger partial charge is 0.337 e. The number of aromatic nitrogens is 6. The number of carbonyl (C=O) groups excluding carboxylic acids is 1. The van der Waals surface area contributed by atoms with Gasteiger partial charge < -0.3 is 4.90 Å². The molecule has 150 valence electrons. The van der Waals surface area contributed by atoms with E-state index in [1.54, 1.807) is 34.0 Å². The van der Waals surface area contributed by atoms with Crippen LogP contribution in [0.5, 0.6) is 0 Å². The van der Waals surface area contributed by atoms with Gasteiger partial charge >= 0.3 is 0 Å². The number of hydrogen-bond donors (Lipinski definition) is 0. The zero-order valence-electron chi connectivity index (χ0n) is 16.1. The lowest BCUT2D eigenvalue weighted by molar-refractivity contribution is 0.0677. The van der Waals surface area contributed by atoms with E-state index in [1.807, 2.05) is 30.3 Å². The Kier molecular flexibility index (Phi) is 4.55. The predicted octanol–water partition coefficient (Wildman–Crippen LogP) is 1.85. The number of likely N-dealkylation sites (tertiary alicyclic amines) is 1. The van der Waals surface area contributed by atoms with E-state index in [4.69, 9.17) is 0 Å². The van der Waals surface area contributed by atoms with Gasteiger partial charge in [-0.25, -0.2) is 9.67 Å². The molecule has 9 nitrogen and oxygen atoms in total. The van der Waals surface area contributed by atoms with E-state index < -0.39 is 0 Å². The van der Waals surface area contributed by atoms with Crippen molar-refractivity contribution in [2.75, 3.05) is 13.1 Å². The third kappa shape index (κ3) is 3.24. The molecular weight excluding hydrogens is 382 g/mol. The van der Waals surface area contributed by atoms with Gasteiger partial charge in [0.25, 0.3) is 11.5 Å². The van der Waals surface area contributed by atoms with Crippen molar-refractivity contribution in [1.82, 2.24) is 34.7 Å². The van der Waals surface area contributed by atoms with Crippen molar-refractivity contribution in [3.05, 3.63) is 77.1 Å². The molecule has 1 aliphatic rings. The lowest BCUT2D eigenvalue weighted by Crippen LogP contribution is -2.43. The van der Waals surface area contributed by atoms with E-state index in [0.717, 1.165) is 12.8 Å². The zero-order chi connectivity index (χ0) is 20.5. The van der Waals surface area contributed by atoms with Gasteiger partial charge in [0.05, 0.1) is 29.0 Å². The normalized spacial score (nSPS) is 16.7. The molecule has 0 N–H and O–H groups in total. The Hall–Kier alpha value is -3.88. The second kappa shape index (κ2) is 7.51. The molecule has 4 aromatic rings. The van der Waals surface area contributed by atoms with E-state index in [-0.39, 0.29) is 17.5 Å². The van der Waals surface area contributed by atoms with Crippen LogP contribution in [-0.2, 0) is 0 Å². The number of rotatable bonds is 3. The monoisotopic (exact) mass is 401 g/mol. The molecule has 1 fully saturated rings. The number of tetrazole rings is 1. The van der Waals surface area contributed by atoms with Gasteiger partial charge in [0.15, 0.2) is 0 Å². The van der Waals surface area contributed by atoms with Crippen LogP contribution in [0.25, 0.3) is 16.6 Å². The summed E-state index contributed by atoms with van der Waals surface area (Å²) in [6, 6.07) is 14.4. The average molecular weight is 401 g/mol. The van der Waals surface area contributed by atoms with Gasteiger partial charge in [-0.1, -0.05) is 18.2 Å². The van der Waals surface area contributed by atoms with Gasteiger partial charge in [0.1, 0.15) is 6.33 Å². The predicted molar refractivity (Wildman–Crippen MR) is 109 cm³/mol. The van der Waals surface area contributed by atoms with E-state index in [1.165, 1.54) is 11.0 Å². The Balaban J connectivity index is 1.41. The van der Waals surface area contributed by atoms with Crippen molar-refractivity contribution in [3.8, 4) is 5.69 Å². The maximum atomic E-state index is 13.2. The Morgan fingerprint density at radius 2 is 1.97 bits per heavy atom. The van der Waals surface area contributed by atoms with Crippen molar-refractivity contribution in [3.63, 3.8) is 0 Å². The fourth-order valence-corrected chi connectivity index (χ4v) is 3.95. The smallest absolute Gasteiger partial charge is 0.261 e. The number of nitrogens with zero attached hydrogens (tertiary/aromatic N) is 7. The molecule has 2 aromatic carbocycles. The number of piperidine rings is 1. The third-order valence-electron chi connectivity index (χ3n) is 5.47. The molecule has 0 spiro atoms. The zero-order valence-corrected chi connectivity index (χ0v) is 16.1. The fourth-order valence-electron chi connectivity index (χ4n) is 3.95. The molecule has 1 unspecified atom stereocenters. The lowest BCUT2D eigenvalue weighted by Gasteiger charge is -2.33. The first kappa shape index (κ1) is 18.2. The van der Waals surface area contributed by atoms with Crippen LogP contribution in [-0.4, -0.2) is 53.7 Å². The van der Waals surface area contributed by atoms with Crippen LogP contribution in [0.15, 0.2) is 66.0 Å². The van der Waals surface area contributed by atoms with Gasteiger partial charge in [-0.2, -0.15) is 0 Å². The molecule has 3 heterocycles. The molecule has 1 amide bonds. The van der Waals surface area contributed by atoms with Crippen molar-refractivity contribution >= 4 is 16.8 Å². The number of fused-ring (bicyclic) bond motifs is 1. The second-order valence-electron chi connectivity index (χ2n) is 7.33. The molecule has 1 saturated heterocycles. The average Bonchev–Trinajstić information content (AvgIpc) is 3.34. The summed E-state index contributed by atoms with van der Waals surface area (Å²) in [7, 11) is 0. The summed E-state index contributed by atoms with van der Waals surface area (Å²) in [6.45, 7) is 1.12. The van der Waals surface area contributed by atoms with Gasteiger partial charge in [-0.05, 0) is 53.6 Å². The van der Waals surface area contributed by atoms with Crippen molar-refractivity contribution < 1.29 is 4.79 Å². The van der Waals surface area contributed by atoms with Gasteiger partial charge in [0, 0.05) is 18.7 Å². The number of benzene rings is 2. The van der Waals surface area contributed by atoms with Crippen molar-refractivity contribution in [2.45, 2.75) is 18.9 Å². The number of carbonyl (C=O) groups is 1. The first-order valence-corrected chi connectivity index (χ1v) is 9.79. The second-order valence-corrected chi connectivity index (χ2v) is 7.33. The van der Waals surface area contributed by atoms with E-state index in [2.05, 4.69) is 20.5 Å². The molecule has 2 aromatic heterocycles. The number of hydrogen-bond acceptors (Lipinski definition) is 6. The number of amides is 1. The highest BCUT2D eigenvalue weighted by Crippen LogP contribution is 2.23. The standard InChI is InChI=1S/C21H19N7O2/c29-20(15-5-3-6-16(11-15)28-14-23-24-25-28)26-10-4-7-17(12-26)27-13-22-19-9-2-1-8-18(19)21(27)30/h1-3,5-6,8-9,11,13-14,17H,4,7,10,12H2.